The summed E-state index contributed by atoms with van der Waals surface area (Å²) in [5.41, 5.74) is 2.71. The number of ketones is 1. The molecule has 1 aliphatic carbocycles. The van der Waals surface area contributed by atoms with Crippen LogP contribution < -0.4 is 10.1 Å². The Morgan fingerprint density at radius 3 is 2.71 bits per heavy atom. The first-order valence-corrected chi connectivity index (χ1v) is 14.0. The number of carbonyl (C=O) groups is 2. The Kier molecular flexibility index (Phi) is 7.85. The third-order valence-electron chi connectivity index (χ3n) is 6.71. The van der Waals surface area contributed by atoms with E-state index >= 15 is 0 Å². The van der Waals surface area contributed by atoms with Gasteiger partial charge in [-0.15, -0.1) is 11.3 Å². The van der Waals surface area contributed by atoms with Gasteiger partial charge in [0.25, 0.3) is 11.6 Å². The van der Waals surface area contributed by atoms with Crippen molar-refractivity contribution >= 4 is 54.7 Å². The van der Waals surface area contributed by atoms with Crippen LogP contribution in [-0.2, 0) is 19.3 Å². The number of fused-ring (bicyclic) bond motifs is 3. The van der Waals surface area contributed by atoms with Crippen molar-refractivity contribution < 1.29 is 19.2 Å². The molecule has 0 fully saturated rings. The fourth-order valence-electron chi connectivity index (χ4n) is 4.79. The number of rotatable bonds is 9. The van der Waals surface area contributed by atoms with Crippen LogP contribution >= 0.6 is 27.3 Å². The molecule has 0 unspecified atom stereocenters. The molecule has 7 nitrogen and oxygen atoms in total. The molecular weight excluding hydrogens is 568 g/mol. The van der Waals surface area contributed by atoms with E-state index in [1.807, 2.05) is 35.6 Å². The van der Waals surface area contributed by atoms with E-state index in [0.717, 1.165) is 24.2 Å². The number of Topliss-reactive ketones (excluding diaryl/α,β-unsaturated/α-hetero) is 1. The second-order valence-electron chi connectivity index (χ2n) is 9.13. The van der Waals surface area contributed by atoms with Crippen LogP contribution in [0.5, 0.6) is 5.75 Å². The van der Waals surface area contributed by atoms with E-state index in [1.165, 1.54) is 51.6 Å². The van der Waals surface area contributed by atoms with E-state index in [0.29, 0.717) is 18.6 Å². The number of nitrogens with zero attached hydrogens (tertiary/aromatic N) is 1. The van der Waals surface area contributed by atoms with Crippen LogP contribution in [0.15, 0.2) is 65.1 Å². The number of halogens is 1. The van der Waals surface area contributed by atoms with Gasteiger partial charge in [0.1, 0.15) is 5.75 Å². The first kappa shape index (κ1) is 26.1. The van der Waals surface area contributed by atoms with Crippen molar-refractivity contribution in [1.82, 2.24) is 5.32 Å². The minimum absolute atomic E-state index is 0.159. The minimum Gasteiger partial charge on any atom is -0.492 e. The maximum Gasteiger partial charge on any atom is 0.284 e. The van der Waals surface area contributed by atoms with Crippen LogP contribution in [0.2, 0.25) is 0 Å². The van der Waals surface area contributed by atoms with Gasteiger partial charge in [0.05, 0.1) is 27.2 Å². The zero-order chi connectivity index (χ0) is 26.6. The molecule has 5 rings (SSSR count). The molecule has 0 saturated carbocycles. The Morgan fingerprint density at radius 1 is 1.05 bits per heavy atom. The molecule has 0 spiro atoms. The average Bonchev–Trinajstić information content (AvgIpc) is 3.31. The van der Waals surface area contributed by atoms with Gasteiger partial charge in [-0.05, 0) is 82.4 Å². The third-order valence-corrected chi connectivity index (χ3v) is 8.70. The summed E-state index contributed by atoms with van der Waals surface area (Å²) in [6.45, 7) is 0.140. The van der Waals surface area contributed by atoms with Crippen LogP contribution in [0, 0.1) is 10.1 Å². The normalized spacial score (nSPS) is 12.7. The lowest BCUT2D eigenvalue weighted by Crippen LogP contribution is -2.30. The molecule has 1 heterocycles. The summed E-state index contributed by atoms with van der Waals surface area (Å²) in [4.78, 5) is 37.6. The molecule has 1 N–H and O–H groups in total. The summed E-state index contributed by atoms with van der Waals surface area (Å²) >= 11 is 4.94. The number of benzene rings is 3. The van der Waals surface area contributed by atoms with Crippen molar-refractivity contribution in [3.05, 3.63) is 102 Å². The van der Waals surface area contributed by atoms with Crippen LogP contribution in [0.25, 0.3) is 10.1 Å². The van der Waals surface area contributed by atoms with Crippen LogP contribution in [-0.4, -0.2) is 29.8 Å². The van der Waals surface area contributed by atoms with Crippen molar-refractivity contribution in [3.63, 3.8) is 0 Å². The first-order chi connectivity index (χ1) is 18.4. The summed E-state index contributed by atoms with van der Waals surface area (Å²) in [5, 5.41) is 15.1. The topological polar surface area (TPSA) is 98.5 Å². The van der Waals surface area contributed by atoms with Crippen LogP contribution in [0.4, 0.5) is 5.69 Å². The number of aryl methyl sites for hydroxylation is 2. The van der Waals surface area contributed by atoms with E-state index in [9.17, 15) is 19.7 Å². The lowest BCUT2D eigenvalue weighted by molar-refractivity contribution is -0.385. The molecule has 0 saturated heterocycles. The van der Waals surface area contributed by atoms with Crippen LogP contribution in [0.3, 0.4) is 0 Å². The Morgan fingerprint density at radius 2 is 1.87 bits per heavy atom. The fourth-order valence-corrected chi connectivity index (χ4v) is 6.53. The molecule has 0 atom stereocenters. The molecule has 1 amide bonds. The maximum absolute atomic E-state index is 12.9. The molecule has 1 aliphatic rings. The Hall–Kier alpha value is -3.56. The standard InChI is InChI=1S/C29H25BrN2O5S/c30-23-13-12-19(16-24(23)32(35)36)25(33)17-31-29(34)20-7-2-1-6-18(20)14-15-37-26-10-5-9-22-21-8-3-4-11-27(21)38-28(22)26/h1-2,5-7,9-10,12-13,16H,3-4,8,11,14-15,17H2,(H,31,34). The second-order valence-corrected chi connectivity index (χ2v) is 11.1. The summed E-state index contributed by atoms with van der Waals surface area (Å²) < 4.78 is 7.68. The van der Waals surface area contributed by atoms with Gasteiger partial charge in [0.2, 0.25) is 0 Å². The van der Waals surface area contributed by atoms with Gasteiger partial charge in [-0.3, -0.25) is 19.7 Å². The summed E-state index contributed by atoms with van der Waals surface area (Å²) in [7, 11) is 0. The molecule has 38 heavy (non-hydrogen) atoms. The largest absolute Gasteiger partial charge is 0.492 e. The molecule has 3 aromatic carbocycles. The van der Waals surface area contributed by atoms with Crippen molar-refractivity contribution in [3.8, 4) is 5.75 Å². The SMILES string of the molecule is O=C(CNC(=O)c1ccccc1CCOc1cccc2c3c(sc12)CCCC3)c1ccc(Br)c([N+](=O)[O-])c1. The Bertz CT molecular complexity index is 1550. The number of amides is 1. The quantitative estimate of drug-likeness (QED) is 0.133. The summed E-state index contributed by atoms with van der Waals surface area (Å²) in [6, 6.07) is 17.6. The number of ether oxygens (including phenoxy) is 1. The predicted molar refractivity (Wildman–Crippen MR) is 152 cm³/mol. The van der Waals surface area contributed by atoms with E-state index in [2.05, 4.69) is 27.3 Å². The van der Waals surface area contributed by atoms with E-state index in [1.54, 1.807) is 12.1 Å². The molecule has 0 bridgehead atoms. The van der Waals surface area contributed by atoms with E-state index in [4.69, 9.17) is 4.74 Å². The number of carbonyl (C=O) groups excluding carboxylic acids is 2. The van der Waals surface area contributed by atoms with Gasteiger partial charge in [-0.1, -0.05) is 30.3 Å². The zero-order valence-electron chi connectivity index (χ0n) is 20.5. The third kappa shape index (κ3) is 5.49. The number of thiophene rings is 1. The number of hydrogen-bond acceptors (Lipinski definition) is 6. The van der Waals surface area contributed by atoms with Crippen LogP contribution in [0.1, 0.15) is 49.6 Å². The monoisotopic (exact) mass is 592 g/mol. The number of hydrogen-bond donors (Lipinski definition) is 1. The van der Waals surface area contributed by atoms with Gasteiger partial charge in [0, 0.05) is 28.5 Å². The Labute approximate surface area is 232 Å². The zero-order valence-corrected chi connectivity index (χ0v) is 22.9. The second kappa shape index (κ2) is 11.4. The molecule has 4 aromatic rings. The van der Waals surface area contributed by atoms with Gasteiger partial charge in [-0.25, -0.2) is 0 Å². The smallest absolute Gasteiger partial charge is 0.284 e. The average molecular weight is 593 g/mol. The highest BCUT2D eigenvalue weighted by molar-refractivity contribution is 9.10. The number of nitrogens with one attached hydrogen (secondary N) is 1. The van der Waals surface area contributed by atoms with E-state index in [-0.39, 0.29) is 28.2 Å². The minimum atomic E-state index is -0.565. The number of nitro groups is 1. The van der Waals surface area contributed by atoms with Crippen molar-refractivity contribution in [2.75, 3.05) is 13.2 Å². The fraction of sp³-hybridized carbons (Fsp3) is 0.241. The number of nitro benzene ring substituents is 1. The molecule has 9 heteroatoms. The highest BCUT2D eigenvalue weighted by atomic mass is 79.9. The molecule has 194 valence electrons. The lowest BCUT2D eigenvalue weighted by atomic mass is 9.96. The van der Waals surface area contributed by atoms with Crippen molar-refractivity contribution in [2.45, 2.75) is 32.1 Å². The highest BCUT2D eigenvalue weighted by Gasteiger charge is 2.19. The summed E-state index contributed by atoms with van der Waals surface area (Å²) in [6.07, 6.45) is 5.26. The van der Waals surface area contributed by atoms with Crippen molar-refractivity contribution in [1.29, 1.82) is 0 Å². The predicted octanol–water partition coefficient (Wildman–Crippen LogP) is 6.69. The molecular formula is C29H25BrN2O5S. The van der Waals surface area contributed by atoms with Gasteiger partial charge < -0.3 is 10.1 Å². The maximum atomic E-state index is 12.9. The van der Waals surface area contributed by atoms with Gasteiger partial charge in [-0.2, -0.15) is 0 Å². The van der Waals surface area contributed by atoms with Gasteiger partial charge >= 0.3 is 0 Å². The van der Waals surface area contributed by atoms with Crippen molar-refractivity contribution in [2.24, 2.45) is 0 Å². The first-order valence-electron chi connectivity index (χ1n) is 12.4. The van der Waals surface area contributed by atoms with Gasteiger partial charge in [0.15, 0.2) is 5.78 Å². The molecule has 0 aliphatic heterocycles. The summed E-state index contributed by atoms with van der Waals surface area (Å²) in [5.74, 6) is 0.0770. The Balaban J connectivity index is 1.23. The lowest BCUT2D eigenvalue weighted by Gasteiger charge is -2.12. The van der Waals surface area contributed by atoms with E-state index < -0.39 is 10.7 Å². The highest BCUT2D eigenvalue weighted by Crippen LogP contribution is 2.40. The molecule has 1 aromatic heterocycles. The molecule has 0 radical (unpaired) electrons.